The van der Waals surface area contributed by atoms with Gasteiger partial charge < -0.3 is 10.6 Å². The molecule has 114 valence electrons. The first kappa shape index (κ1) is 14.5. The number of piperidine rings is 1. The van der Waals surface area contributed by atoms with E-state index in [4.69, 9.17) is 5.73 Å². The number of hydrogen-bond donors (Lipinski definition) is 1. The minimum Gasteiger partial charge on any atom is -0.335 e. The first-order valence-corrected chi connectivity index (χ1v) is 7.91. The summed E-state index contributed by atoms with van der Waals surface area (Å²) in [6.07, 6.45) is 7.76. The van der Waals surface area contributed by atoms with Crippen LogP contribution in [-0.4, -0.2) is 52.9 Å². The summed E-state index contributed by atoms with van der Waals surface area (Å²) in [4.78, 5) is 21.0. The lowest BCUT2D eigenvalue weighted by Crippen LogP contribution is -2.45. The molecule has 0 saturated carbocycles. The molecule has 1 aromatic heterocycles. The van der Waals surface area contributed by atoms with E-state index in [0.29, 0.717) is 12.6 Å². The van der Waals surface area contributed by atoms with E-state index in [0.717, 1.165) is 45.3 Å². The lowest BCUT2D eigenvalue weighted by atomic mass is 10.1. The lowest BCUT2D eigenvalue weighted by Gasteiger charge is -2.32. The van der Waals surface area contributed by atoms with Crippen LogP contribution >= 0.6 is 0 Å². The first-order valence-electron chi connectivity index (χ1n) is 7.91. The number of rotatable bonds is 3. The Morgan fingerprint density at radius 1 is 1.19 bits per heavy atom. The molecule has 0 aliphatic carbocycles. The van der Waals surface area contributed by atoms with Gasteiger partial charge in [0.05, 0.1) is 12.6 Å². The molecule has 5 heteroatoms. The third-order valence-corrected chi connectivity index (χ3v) is 4.66. The van der Waals surface area contributed by atoms with Crippen LogP contribution in [0.2, 0.25) is 0 Å². The fourth-order valence-corrected chi connectivity index (χ4v) is 3.39. The largest absolute Gasteiger partial charge is 0.335 e. The highest BCUT2D eigenvalue weighted by molar-refractivity contribution is 5.79. The predicted molar refractivity (Wildman–Crippen MR) is 81.6 cm³/mol. The predicted octanol–water partition coefficient (Wildman–Crippen LogP) is 1.17. The van der Waals surface area contributed by atoms with Crippen LogP contribution in [0.5, 0.6) is 0 Å². The van der Waals surface area contributed by atoms with Gasteiger partial charge in [0.1, 0.15) is 0 Å². The number of nitrogens with zero attached hydrogens (tertiary/aromatic N) is 3. The molecule has 0 spiro atoms. The Kier molecular flexibility index (Phi) is 4.51. The van der Waals surface area contributed by atoms with Gasteiger partial charge in [0, 0.05) is 38.1 Å². The number of carbonyl (C=O) groups excluding carboxylic acids is 1. The van der Waals surface area contributed by atoms with Gasteiger partial charge in [-0.05, 0) is 43.4 Å². The maximum absolute atomic E-state index is 12.6. The molecule has 5 nitrogen and oxygen atoms in total. The van der Waals surface area contributed by atoms with E-state index in [1.54, 1.807) is 0 Å². The molecule has 21 heavy (non-hydrogen) atoms. The smallest absolute Gasteiger partial charge is 0.237 e. The van der Waals surface area contributed by atoms with Gasteiger partial charge in [-0.3, -0.25) is 14.7 Å². The maximum Gasteiger partial charge on any atom is 0.237 e. The van der Waals surface area contributed by atoms with Gasteiger partial charge in [-0.1, -0.05) is 0 Å². The summed E-state index contributed by atoms with van der Waals surface area (Å²) in [6.45, 7) is 3.30. The molecule has 1 unspecified atom stereocenters. The van der Waals surface area contributed by atoms with Gasteiger partial charge in [0.15, 0.2) is 0 Å². The lowest BCUT2D eigenvalue weighted by molar-refractivity contribution is -0.133. The molecular formula is C16H24N4O. The van der Waals surface area contributed by atoms with E-state index in [1.165, 1.54) is 5.56 Å². The number of aromatic nitrogens is 1. The standard InChI is InChI=1S/C16H24N4O/c17-14-5-10-19(11-6-14)12-16(21)20-9-1-2-15(20)13-3-7-18-8-4-13/h3-4,7-8,14-15H,1-2,5-6,9-12,17H2. The summed E-state index contributed by atoms with van der Waals surface area (Å²) in [5.74, 6) is 0.254. The number of pyridine rings is 1. The normalized spacial score (nSPS) is 24.4. The minimum atomic E-state index is 0.229. The summed E-state index contributed by atoms with van der Waals surface area (Å²) in [7, 11) is 0. The monoisotopic (exact) mass is 288 g/mol. The zero-order chi connectivity index (χ0) is 14.7. The van der Waals surface area contributed by atoms with Crippen molar-refractivity contribution < 1.29 is 4.79 Å². The van der Waals surface area contributed by atoms with Crippen LogP contribution < -0.4 is 5.73 Å². The second-order valence-electron chi connectivity index (χ2n) is 6.14. The van der Waals surface area contributed by atoms with Gasteiger partial charge in [0.25, 0.3) is 0 Å². The van der Waals surface area contributed by atoms with Crippen molar-refractivity contribution in [3.05, 3.63) is 30.1 Å². The Bertz CT molecular complexity index is 470. The van der Waals surface area contributed by atoms with E-state index in [9.17, 15) is 4.79 Å². The Morgan fingerprint density at radius 2 is 1.90 bits per heavy atom. The summed E-state index contributed by atoms with van der Waals surface area (Å²) in [5, 5.41) is 0. The Labute approximate surface area is 126 Å². The van der Waals surface area contributed by atoms with Crippen molar-refractivity contribution in [2.24, 2.45) is 5.73 Å². The third kappa shape index (κ3) is 3.41. The van der Waals surface area contributed by atoms with Crippen molar-refractivity contribution in [2.75, 3.05) is 26.2 Å². The average Bonchev–Trinajstić information content (AvgIpc) is 3.00. The molecule has 2 saturated heterocycles. The molecule has 2 fully saturated rings. The number of nitrogens with two attached hydrogens (primary N) is 1. The van der Waals surface area contributed by atoms with E-state index >= 15 is 0 Å². The van der Waals surface area contributed by atoms with Crippen molar-refractivity contribution in [1.29, 1.82) is 0 Å². The quantitative estimate of drug-likeness (QED) is 0.907. The highest BCUT2D eigenvalue weighted by atomic mass is 16.2. The molecule has 3 heterocycles. The highest BCUT2D eigenvalue weighted by Crippen LogP contribution is 2.31. The topological polar surface area (TPSA) is 62.5 Å². The van der Waals surface area contributed by atoms with Gasteiger partial charge >= 0.3 is 0 Å². The number of hydrogen-bond acceptors (Lipinski definition) is 4. The SMILES string of the molecule is NC1CCN(CC(=O)N2CCCC2c2ccncc2)CC1. The zero-order valence-electron chi connectivity index (χ0n) is 12.4. The molecule has 1 atom stereocenters. The molecule has 2 aliphatic heterocycles. The van der Waals surface area contributed by atoms with Crippen LogP contribution in [0.1, 0.15) is 37.3 Å². The summed E-state index contributed by atoms with van der Waals surface area (Å²) in [5.41, 5.74) is 7.13. The maximum atomic E-state index is 12.6. The molecule has 0 radical (unpaired) electrons. The Morgan fingerprint density at radius 3 is 2.62 bits per heavy atom. The third-order valence-electron chi connectivity index (χ3n) is 4.66. The molecular weight excluding hydrogens is 264 g/mol. The van der Waals surface area contributed by atoms with Crippen molar-refractivity contribution in [2.45, 2.75) is 37.8 Å². The fraction of sp³-hybridized carbons (Fsp3) is 0.625. The first-order chi connectivity index (χ1) is 10.2. The van der Waals surface area contributed by atoms with E-state index in [2.05, 4.69) is 9.88 Å². The second-order valence-corrected chi connectivity index (χ2v) is 6.14. The number of likely N-dealkylation sites (tertiary alicyclic amines) is 2. The van der Waals surface area contributed by atoms with Crippen LogP contribution in [0, 0.1) is 0 Å². The zero-order valence-corrected chi connectivity index (χ0v) is 12.4. The summed E-state index contributed by atoms with van der Waals surface area (Å²) >= 11 is 0. The Balaban J connectivity index is 1.61. The van der Waals surface area contributed by atoms with Crippen molar-refractivity contribution in [3.63, 3.8) is 0 Å². The van der Waals surface area contributed by atoms with E-state index < -0.39 is 0 Å². The van der Waals surface area contributed by atoms with Crippen LogP contribution in [-0.2, 0) is 4.79 Å². The van der Waals surface area contributed by atoms with Crippen LogP contribution in [0.4, 0.5) is 0 Å². The van der Waals surface area contributed by atoms with Crippen LogP contribution in [0.15, 0.2) is 24.5 Å². The van der Waals surface area contributed by atoms with Gasteiger partial charge in [-0.25, -0.2) is 0 Å². The van der Waals surface area contributed by atoms with Crippen molar-refractivity contribution in [1.82, 2.24) is 14.8 Å². The Hall–Kier alpha value is -1.46. The van der Waals surface area contributed by atoms with Crippen LogP contribution in [0.3, 0.4) is 0 Å². The molecule has 0 aromatic carbocycles. The number of carbonyl (C=O) groups is 1. The molecule has 1 aromatic rings. The minimum absolute atomic E-state index is 0.229. The van der Waals surface area contributed by atoms with Crippen LogP contribution in [0.25, 0.3) is 0 Å². The molecule has 3 rings (SSSR count). The summed E-state index contributed by atoms with van der Waals surface area (Å²) < 4.78 is 0. The van der Waals surface area contributed by atoms with Crippen molar-refractivity contribution >= 4 is 5.91 Å². The average molecular weight is 288 g/mol. The molecule has 0 bridgehead atoms. The van der Waals surface area contributed by atoms with E-state index in [-0.39, 0.29) is 11.9 Å². The van der Waals surface area contributed by atoms with Crippen molar-refractivity contribution in [3.8, 4) is 0 Å². The second kappa shape index (κ2) is 6.54. The summed E-state index contributed by atoms with van der Waals surface area (Å²) in [6, 6.07) is 4.59. The number of amides is 1. The highest BCUT2D eigenvalue weighted by Gasteiger charge is 2.31. The van der Waals surface area contributed by atoms with E-state index in [1.807, 2.05) is 29.4 Å². The molecule has 2 aliphatic rings. The molecule has 2 N–H and O–H groups in total. The fourth-order valence-electron chi connectivity index (χ4n) is 3.39. The van der Waals surface area contributed by atoms with Gasteiger partial charge in [-0.2, -0.15) is 0 Å². The van der Waals surface area contributed by atoms with Gasteiger partial charge in [-0.15, -0.1) is 0 Å². The van der Waals surface area contributed by atoms with Gasteiger partial charge in [0.2, 0.25) is 5.91 Å². The molecule has 1 amide bonds.